The van der Waals surface area contributed by atoms with E-state index in [1.165, 1.54) is 18.2 Å². The van der Waals surface area contributed by atoms with Gasteiger partial charge in [-0.15, -0.1) is 0 Å². The molecule has 19 heavy (non-hydrogen) atoms. The van der Waals surface area contributed by atoms with Crippen LogP contribution in [0.5, 0.6) is 0 Å². The van der Waals surface area contributed by atoms with Gasteiger partial charge in [0.05, 0.1) is 5.52 Å². The first-order valence-electron chi connectivity index (χ1n) is 7.10. The van der Waals surface area contributed by atoms with Gasteiger partial charge in [-0.3, -0.25) is 0 Å². The number of pyridine rings is 1. The Balaban J connectivity index is 1.78. The minimum Gasteiger partial charge on any atom is -0.357 e. The monoisotopic (exact) mass is 255 g/mol. The average molecular weight is 255 g/mol. The first-order valence-corrected chi connectivity index (χ1v) is 7.10. The van der Waals surface area contributed by atoms with E-state index in [2.05, 4.69) is 42.2 Å². The molecular weight excluding hydrogens is 234 g/mol. The largest absolute Gasteiger partial charge is 0.357 e. The quantitative estimate of drug-likeness (QED) is 0.897. The number of benzene rings is 1. The predicted molar refractivity (Wildman–Crippen MR) is 80.3 cm³/mol. The summed E-state index contributed by atoms with van der Waals surface area (Å²) in [5.74, 6) is 1.76. The molecule has 1 unspecified atom stereocenters. The molecular formula is C16H21N3. The molecule has 0 bridgehead atoms. The molecule has 0 aliphatic carbocycles. The molecule has 1 saturated heterocycles. The number of hydrogen-bond acceptors (Lipinski definition) is 3. The summed E-state index contributed by atoms with van der Waals surface area (Å²) in [5.41, 5.74) is 7.07. The van der Waals surface area contributed by atoms with E-state index in [0.717, 1.165) is 24.4 Å². The van der Waals surface area contributed by atoms with E-state index in [1.54, 1.807) is 0 Å². The molecule has 3 rings (SSSR count). The maximum atomic E-state index is 5.99. The lowest BCUT2D eigenvalue weighted by atomic mass is 9.91. The zero-order valence-electron chi connectivity index (χ0n) is 11.4. The van der Waals surface area contributed by atoms with Crippen molar-refractivity contribution in [1.82, 2.24) is 4.98 Å². The van der Waals surface area contributed by atoms with Gasteiger partial charge in [0.15, 0.2) is 0 Å². The summed E-state index contributed by atoms with van der Waals surface area (Å²) in [7, 11) is 0. The summed E-state index contributed by atoms with van der Waals surface area (Å²) in [6.07, 6.45) is 2.35. The lowest BCUT2D eigenvalue weighted by Gasteiger charge is -2.34. The van der Waals surface area contributed by atoms with Gasteiger partial charge >= 0.3 is 0 Å². The Morgan fingerprint density at radius 2 is 1.89 bits per heavy atom. The number of piperidine rings is 1. The van der Waals surface area contributed by atoms with Crippen LogP contribution in [0.1, 0.15) is 19.8 Å². The van der Waals surface area contributed by atoms with Crippen molar-refractivity contribution in [2.75, 3.05) is 18.0 Å². The highest BCUT2D eigenvalue weighted by atomic mass is 15.2. The predicted octanol–water partition coefficient (Wildman–Crippen LogP) is 2.80. The molecule has 1 aliphatic heterocycles. The number of nitrogens with zero attached hydrogens (tertiary/aromatic N) is 2. The third-order valence-corrected chi connectivity index (χ3v) is 4.19. The van der Waals surface area contributed by atoms with Crippen LogP contribution < -0.4 is 10.6 Å². The zero-order chi connectivity index (χ0) is 13.2. The van der Waals surface area contributed by atoms with Crippen LogP contribution in [0, 0.1) is 5.92 Å². The molecule has 3 heteroatoms. The van der Waals surface area contributed by atoms with Crippen molar-refractivity contribution in [2.24, 2.45) is 11.7 Å². The molecule has 2 N–H and O–H groups in total. The third kappa shape index (κ3) is 2.56. The van der Waals surface area contributed by atoms with Crippen LogP contribution in [0.25, 0.3) is 10.9 Å². The number of fused-ring (bicyclic) bond motifs is 1. The van der Waals surface area contributed by atoms with Crippen LogP contribution in [0.15, 0.2) is 36.4 Å². The zero-order valence-corrected chi connectivity index (χ0v) is 11.4. The smallest absolute Gasteiger partial charge is 0.129 e. The molecule has 3 nitrogen and oxygen atoms in total. The van der Waals surface area contributed by atoms with Gasteiger partial charge in [-0.1, -0.05) is 18.2 Å². The van der Waals surface area contributed by atoms with Crippen LogP contribution in [0.3, 0.4) is 0 Å². The number of rotatable bonds is 2. The highest BCUT2D eigenvalue weighted by molar-refractivity contribution is 5.80. The minimum atomic E-state index is 0.312. The second-order valence-electron chi connectivity index (χ2n) is 5.55. The van der Waals surface area contributed by atoms with Crippen molar-refractivity contribution in [3.8, 4) is 0 Å². The maximum absolute atomic E-state index is 5.99. The van der Waals surface area contributed by atoms with E-state index in [0.29, 0.717) is 12.0 Å². The van der Waals surface area contributed by atoms with Gasteiger partial charge in [0.25, 0.3) is 0 Å². The van der Waals surface area contributed by atoms with Gasteiger partial charge in [0.2, 0.25) is 0 Å². The standard InChI is InChI=1S/C16H21N3/c1-12(17)13-8-10-19(11-9-13)16-7-6-14-4-2-3-5-15(14)18-16/h2-7,12-13H,8-11,17H2,1H3. The topological polar surface area (TPSA) is 42.1 Å². The molecule has 100 valence electrons. The normalized spacial score (nSPS) is 18.7. The van der Waals surface area contributed by atoms with Crippen molar-refractivity contribution < 1.29 is 0 Å². The molecule has 1 aromatic carbocycles. The van der Waals surface area contributed by atoms with Crippen molar-refractivity contribution in [3.63, 3.8) is 0 Å². The Morgan fingerprint density at radius 3 is 2.63 bits per heavy atom. The van der Waals surface area contributed by atoms with Crippen molar-refractivity contribution in [3.05, 3.63) is 36.4 Å². The average Bonchev–Trinajstić information content (AvgIpc) is 2.47. The van der Waals surface area contributed by atoms with Gasteiger partial charge in [0.1, 0.15) is 5.82 Å². The van der Waals surface area contributed by atoms with E-state index >= 15 is 0 Å². The van der Waals surface area contributed by atoms with Crippen molar-refractivity contribution in [1.29, 1.82) is 0 Å². The molecule has 0 spiro atoms. The van der Waals surface area contributed by atoms with Crippen LogP contribution in [-0.2, 0) is 0 Å². The van der Waals surface area contributed by atoms with Crippen molar-refractivity contribution in [2.45, 2.75) is 25.8 Å². The van der Waals surface area contributed by atoms with Gasteiger partial charge in [0, 0.05) is 24.5 Å². The lowest BCUT2D eigenvalue weighted by Crippen LogP contribution is -2.40. The summed E-state index contributed by atoms with van der Waals surface area (Å²) in [5, 5.41) is 1.21. The summed E-state index contributed by atoms with van der Waals surface area (Å²) in [4.78, 5) is 7.14. The maximum Gasteiger partial charge on any atom is 0.129 e. The molecule has 1 aliphatic rings. The van der Waals surface area contributed by atoms with Gasteiger partial charge in [-0.2, -0.15) is 0 Å². The first kappa shape index (κ1) is 12.4. The Bertz CT molecular complexity index is 557. The summed E-state index contributed by atoms with van der Waals surface area (Å²) in [6, 6.07) is 12.9. The lowest BCUT2D eigenvalue weighted by molar-refractivity contribution is 0.353. The van der Waals surface area contributed by atoms with E-state index in [4.69, 9.17) is 10.7 Å². The van der Waals surface area contributed by atoms with Gasteiger partial charge in [-0.05, 0) is 43.9 Å². The summed E-state index contributed by atoms with van der Waals surface area (Å²) < 4.78 is 0. The molecule has 1 atom stereocenters. The fourth-order valence-corrected chi connectivity index (χ4v) is 2.89. The number of aromatic nitrogens is 1. The summed E-state index contributed by atoms with van der Waals surface area (Å²) >= 11 is 0. The Kier molecular flexibility index (Phi) is 3.38. The fraction of sp³-hybridized carbons (Fsp3) is 0.438. The minimum absolute atomic E-state index is 0.312. The second-order valence-corrected chi connectivity index (χ2v) is 5.55. The van der Waals surface area contributed by atoms with E-state index in [-0.39, 0.29) is 0 Å². The molecule has 0 amide bonds. The molecule has 0 saturated carbocycles. The van der Waals surface area contributed by atoms with Crippen LogP contribution in [0.2, 0.25) is 0 Å². The van der Waals surface area contributed by atoms with E-state index < -0.39 is 0 Å². The molecule has 1 fully saturated rings. The Morgan fingerprint density at radius 1 is 1.16 bits per heavy atom. The fourth-order valence-electron chi connectivity index (χ4n) is 2.89. The second kappa shape index (κ2) is 5.17. The first-order chi connectivity index (χ1) is 9.24. The van der Waals surface area contributed by atoms with E-state index in [1.807, 2.05) is 6.07 Å². The van der Waals surface area contributed by atoms with Crippen LogP contribution >= 0.6 is 0 Å². The van der Waals surface area contributed by atoms with Gasteiger partial charge < -0.3 is 10.6 Å². The summed E-state index contributed by atoms with van der Waals surface area (Å²) in [6.45, 7) is 4.25. The van der Waals surface area contributed by atoms with Crippen LogP contribution in [0.4, 0.5) is 5.82 Å². The Hall–Kier alpha value is -1.61. The highest BCUT2D eigenvalue weighted by Crippen LogP contribution is 2.25. The van der Waals surface area contributed by atoms with E-state index in [9.17, 15) is 0 Å². The number of hydrogen-bond donors (Lipinski definition) is 1. The van der Waals surface area contributed by atoms with Crippen LogP contribution in [-0.4, -0.2) is 24.1 Å². The Labute approximate surface area is 114 Å². The SMILES string of the molecule is CC(N)C1CCN(c2ccc3ccccc3n2)CC1. The molecule has 1 aromatic heterocycles. The highest BCUT2D eigenvalue weighted by Gasteiger charge is 2.22. The molecule has 2 heterocycles. The van der Waals surface area contributed by atoms with Crippen molar-refractivity contribution >= 4 is 16.7 Å². The molecule has 0 radical (unpaired) electrons. The third-order valence-electron chi connectivity index (χ3n) is 4.19. The van der Waals surface area contributed by atoms with Gasteiger partial charge in [-0.25, -0.2) is 4.98 Å². The number of anilines is 1. The molecule has 2 aromatic rings. The number of para-hydroxylation sites is 1. The number of nitrogens with two attached hydrogens (primary N) is 1.